The smallest absolute Gasteiger partial charge is 0.276 e. The molecule has 2 fully saturated rings. The van der Waals surface area contributed by atoms with Gasteiger partial charge in [-0.05, 0) is 43.4 Å². The first-order valence-corrected chi connectivity index (χ1v) is 12.2. The highest BCUT2D eigenvalue weighted by Gasteiger charge is 2.42. The summed E-state index contributed by atoms with van der Waals surface area (Å²) in [6.45, 7) is 2.08. The van der Waals surface area contributed by atoms with Crippen LogP contribution >= 0.6 is 0 Å². The highest BCUT2D eigenvalue weighted by atomic mass is 16.5. The highest BCUT2D eigenvalue weighted by Crippen LogP contribution is 2.35. The molecule has 1 unspecified atom stereocenters. The van der Waals surface area contributed by atoms with E-state index in [4.69, 9.17) is 4.74 Å². The summed E-state index contributed by atoms with van der Waals surface area (Å²) >= 11 is 0. The second kappa shape index (κ2) is 8.66. The summed E-state index contributed by atoms with van der Waals surface area (Å²) in [5, 5.41) is 10.6. The molecular weight excluding hydrogens is 464 g/mol. The van der Waals surface area contributed by atoms with Gasteiger partial charge >= 0.3 is 0 Å². The maximum absolute atomic E-state index is 13.4. The molecule has 11 nitrogen and oxygen atoms in total. The summed E-state index contributed by atoms with van der Waals surface area (Å²) in [4.78, 5) is 53.7. The monoisotopic (exact) mass is 490 g/mol. The Balaban J connectivity index is 1.22. The molecule has 6 rings (SSSR count). The van der Waals surface area contributed by atoms with Crippen LogP contribution in [0.2, 0.25) is 0 Å². The Morgan fingerprint density at radius 3 is 2.78 bits per heavy atom. The van der Waals surface area contributed by atoms with Crippen molar-refractivity contribution in [1.82, 2.24) is 30.1 Å². The van der Waals surface area contributed by atoms with E-state index in [9.17, 15) is 19.2 Å². The zero-order valence-corrected chi connectivity index (χ0v) is 19.7. The first kappa shape index (κ1) is 22.6. The Kier molecular flexibility index (Phi) is 5.44. The van der Waals surface area contributed by atoms with Crippen LogP contribution in [-0.2, 0) is 20.9 Å². The number of carbonyl (C=O) groups is 4. The van der Waals surface area contributed by atoms with Gasteiger partial charge in [0.05, 0.1) is 17.4 Å². The number of ether oxygens (including phenoxy) is 1. The van der Waals surface area contributed by atoms with Crippen molar-refractivity contribution in [3.8, 4) is 5.69 Å². The number of rotatable bonds is 3. The van der Waals surface area contributed by atoms with Gasteiger partial charge in [0.2, 0.25) is 11.8 Å². The van der Waals surface area contributed by atoms with Gasteiger partial charge in [-0.1, -0.05) is 23.4 Å². The number of carbonyl (C=O) groups excluding carboxylic acids is 4. The van der Waals surface area contributed by atoms with Gasteiger partial charge in [-0.15, -0.1) is 5.10 Å². The quantitative estimate of drug-likeness (QED) is 0.502. The third kappa shape index (κ3) is 3.70. The first-order chi connectivity index (χ1) is 17.4. The van der Waals surface area contributed by atoms with E-state index in [0.717, 1.165) is 24.8 Å². The van der Waals surface area contributed by atoms with Crippen molar-refractivity contribution in [3.63, 3.8) is 0 Å². The number of hydrogen-bond acceptors (Lipinski definition) is 7. The molecule has 2 aromatic rings. The van der Waals surface area contributed by atoms with Crippen molar-refractivity contribution in [1.29, 1.82) is 0 Å². The van der Waals surface area contributed by atoms with E-state index < -0.39 is 11.9 Å². The Bertz CT molecular complexity index is 1290. The molecule has 5 heterocycles. The lowest BCUT2D eigenvalue weighted by molar-refractivity contribution is -0.136. The van der Waals surface area contributed by atoms with E-state index in [1.54, 1.807) is 12.3 Å². The fourth-order valence-corrected chi connectivity index (χ4v) is 5.62. The average Bonchev–Trinajstić information content (AvgIpc) is 3.50. The normalized spacial score (nSPS) is 23.2. The van der Waals surface area contributed by atoms with Gasteiger partial charge in [-0.3, -0.25) is 24.5 Å². The van der Waals surface area contributed by atoms with Crippen LogP contribution in [0.3, 0.4) is 0 Å². The fraction of sp³-hybridized carbons (Fsp3) is 0.440. The van der Waals surface area contributed by atoms with Gasteiger partial charge in [0.25, 0.3) is 11.8 Å². The topological polar surface area (TPSA) is 127 Å². The van der Waals surface area contributed by atoms with E-state index >= 15 is 0 Å². The summed E-state index contributed by atoms with van der Waals surface area (Å²) in [6.07, 6.45) is 8.61. The molecule has 4 aliphatic heterocycles. The Hall–Kier alpha value is -3.86. The number of imide groups is 1. The lowest BCUT2D eigenvalue weighted by Crippen LogP contribution is -2.56. The molecule has 0 saturated carbocycles. The first-order valence-electron chi connectivity index (χ1n) is 12.2. The number of piperidine rings is 1. The second-order valence-corrected chi connectivity index (χ2v) is 9.72. The molecule has 0 radical (unpaired) electrons. The van der Waals surface area contributed by atoms with Crippen LogP contribution in [0.25, 0.3) is 5.69 Å². The van der Waals surface area contributed by atoms with E-state index in [1.807, 2.05) is 23.1 Å². The summed E-state index contributed by atoms with van der Waals surface area (Å²) in [6, 6.07) is 4.67. The van der Waals surface area contributed by atoms with Crippen LogP contribution in [-0.4, -0.2) is 79.8 Å². The van der Waals surface area contributed by atoms with Crippen LogP contribution in [0, 0.1) is 0 Å². The minimum atomic E-state index is -0.669. The number of amides is 4. The fourth-order valence-electron chi connectivity index (χ4n) is 5.62. The maximum Gasteiger partial charge on any atom is 0.276 e. The molecule has 1 aromatic heterocycles. The Morgan fingerprint density at radius 1 is 1.14 bits per heavy atom. The van der Waals surface area contributed by atoms with Crippen LogP contribution in [0.1, 0.15) is 58.5 Å². The van der Waals surface area contributed by atoms with Crippen molar-refractivity contribution in [2.24, 2.45) is 0 Å². The third-order valence-corrected chi connectivity index (χ3v) is 7.68. The van der Waals surface area contributed by atoms with Gasteiger partial charge in [0, 0.05) is 38.3 Å². The molecule has 0 aliphatic carbocycles. The van der Waals surface area contributed by atoms with Crippen LogP contribution in [0.5, 0.6) is 0 Å². The summed E-state index contributed by atoms with van der Waals surface area (Å²) < 4.78 is 7.02. The highest BCUT2D eigenvalue weighted by molar-refractivity contribution is 6.05. The Morgan fingerprint density at radius 2 is 1.97 bits per heavy atom. The zero-order valence-electron chi connectivity index (χ0n) is 19.7. The standard InChI is InChI=1S/C25H26N6O5/c32-21-6-5-20(22(33)26-21)29-14-16-3-4-17(13-18(16)23(29)34)31-15-19(27-28-31)24(35)30-10-2-1-7-25(30)8-11-36-12-9-25/h1-4,13,15,20H,5-12,14H2,(H,26,32,33). The van der Waals surface area contributed by atoms with Crippen molar-refractivity contribution in [2.75, 3.05) is 19.8 Å². The van der Waals surface area contributed by atoms with Crippen molar-refractivity contribution in [2.45, 2.75) is 50.2 Å². The van der Waals surface area contributed by atoms with E-state index in [1.165, 1.54) is 9.58 Å². The number of nitrogens with zero attached hydrogens (tertiary/aromatic N) is 5. The molecule has 2 saturated heterocycles. The van der Waals surface area contributed by atoms with Crippen molar-refractivity contribution >= 4 is 23.6 Å². The molecule has 1 aromatic carbocycles. The van der Waals surface area contributed by atoms with Crippen molar-refractivity contribution < 1.29 is 23.9 Å². The molecule has 0 bridgehead atoms. The summed E-state index contributed by atoms with van der Waals surface area (Å²) in [5.74, 6) is -1.20. The molecule has 186 valence electrons. The predicted octanol–water partition coefficient (Wildman–Crippen LogP) is 0.980. The van der Waals surface area contributed by atoms with Gasteiger partial charge in [0.1, 0.15) is 6.04 Å². The summed E-state index contributed by atoms with van der Waals surface area (Å²) in [7, 11) is 0. The number of fused-ring (bicyclic) bond motifs is 1. The van der Waals surface area contributed by atoms with Crippen molar-refractivity contribution in [3.05, 3.63) is 53.4 Å². The molecular formula is C25H26N6O5. The zero-order chi connectivity index (χ0) is 24.9. The number of benzene rings is 1. The van der Waals surface area contributed by atoms with Gasteiger partial charge in [-0.25, -0.2) is 4.68 Å². The molecule has 4 aliphatic rings. The second-order valence-electron chi connectivity index (χ2n) is 9.72. The molecule has 4 amide bonds. The van der Waals surface area contributed by atoms with Crippen LogP contribution < -0.4 is 5.32 Å². The molecule has 1 atom stereocenters. The summed E-state index contributed by atoms with van der Waals surface area (Å²) in [5.41, 5.74) is 1.86. The molecule has 36 heavy (non-hydrogen) atoms. The minimum absolute atomic E-state index is 0.172. The van der Waals surface area contributed by atoms with Gasteiger partial charge in [-0.2, -0.15) is 0 Å². The van der Waals surface area contributed by atoms with E-state index in [0.29, 0.717) is 44.0 Å². The third-order valence-electron chi connectivity index (χ3n) is 7.68. The number of nitrogens with one attached hydrogen (secondary N) is 1. The lowest BCUT2D eigenvalue weighted by atomic mass is 9.82. The largest absolute Gasteiger partial charge is 0.381 e. The minimum Gasteiger partial charge on any atom is -0.381 e. The van der Waals surface area contributed by atoms with Crippen LogP contribution in [0.15, 0.2) is 36.5 Å². The number of aromatic nitrogens is 3. The molecule has 1 spiro atoms. The molecule has 1 N–H and O–H groups in total. The predicted molar refractivity (Wildman–Crippen MR) is 125 cm³/mol. The Labute approximate surface area is 207 Å². The maximum atomic E-state index is 13.4. The molecule has 11 heteroatoms. The average molecular weight is 491 g/mol. The lowest BCUT2D eigenvalue weighted by Gasteiger charge is -2.47. The van der Waals surface area contributed by atoms with Gasteiger partial charge in [0.15, 0.2) is 5.69 Å². The SMILES string of the molecule is O=C1CCC(N2Cc3ccc(-n4cc(C(=O)N5CC=CCC56CCOCC6)nn4)cc3C2=O)C(=O)N1. The van der Waals surface area contributed by atoms with Crippen LogP contribution in [0.4, 0.5) is 0 Å². The van der Waals surface area contributed by atoms with E-state index in [2.05, 4.69) is 21.7 Å². The number of hydrogen-bond donors (Lipinski definition) is 1. The van der Waals surface area contributed by atoms with Gasteiger partial charge < -0.3 is 14.5 Å². The van der Waals surface area contributed by atoms with E-state index in [-0.39, 0.29) is 35.4 Å².